The zero-order chi connectivity index (χ0) is 20.5. The topological polar surface area (TPSA) is 68.8 Å². The van der Waals surface area contributed by atoms with Gasteiger partial charge in [0.25, 0.3) is 5.91 Å². The molecule has 1 aromatic carbocycles. The Kier molecular flexibility index (Phi) is 4.88. The third-order valence-corrected chi connectivity index (χ3v) is 5.01. The number of fused-ring (bicyclic) bond motifs is 1. The number of aromatic nitrogens is 5. The van der Waals surface area contributed by atoms with Gasteiger partial charge in [-0.3, -0.25) is 14.2 Å². The first-order valence-corrected chi connectivity index (χ1v) is 9.64. The van der Waals surface area contributed by atoms with Gasteiger partial charge in [-0.25, -0.2) is 4.98 Å². The minimum atomic E-state index is -0.0592. The molecule has 1 amide bonds. The summed E-state index contributed by atoms with van der Waals surface area (Å²) >= 11 is 0. The molecule has 0 bridgehead atoms. The maximum Gasteiger partial charge on any atom is 0.254 e. The van der Waals surface area contributed by atoms with Gasteiger partial charge in [-0.1, -0.05) is 18.2 Å². The van der Waals surface area contributed by atoms with Crippen LogP contribution in [0.4, 0.5) is 0 Å². The molecule has 3 aromatic heterocycles. The predicted molar refractivity (Wildman–Crippen MR) is 112 cm³/mol. The molecular weight excluding hydrogens is 364 g/mol. The number of hydrogen-bond donors (Lipinski definition) is 0. The highest BCUT2D eigenvalue weighted by Gasteiger charge is 2.19. The predicted octanol–water partition coefficient (Wildman–Crippen LogP) is 3.43. The van der Waals surface area contributed by atoms with Crippen LogP contribution >= 0.6 is 0 Å². The number of rotatable bonds is 5. The van der Waals surface area contributed by atoms with Crippen LogP contribution in [0.15, 0.2) is 48.8 Å². The average Bonchev–Trinajstić information content (AvgIpc) is 3.31. The molecule has 0 fully saturated rings. The van der Waals surface area contributed by atoms with Crippen molar-refractivity contribution in [1.29, 1.82) is 0 Å². The van der Waals surface area contributed by atoms with E-state index in [4.69, 9.17) is 4.98 Å². The second-order valence-corrected chi connectivity index (χ2v) is 7.20. The number of amides is 1. The largest absolute Gasteiger partial charge is 0.336 e. The van der Waals surface area contributed by atoms with Gasteiger partial charge in [0, 0.05) is 44.0 Å². The normalized spacial score (nSPS) is 11.2. The number of carbonyl (C=O) groups excluding carboxylic acids is 1. The minimum Gasteiger partial charge on any atom is -0.336 e. The Labute approximate surface area is 169 Å². The van der Waals surface area contributed by atoms with Crippen molar-refractivity contribution < 1.29 is 4.79 Å². The lowest BCUT2D eigenvalue weighted by Crippen LogP contribution is -2.26. The van der Waals surface area contributed by atoms with E-state index in [1.807, 2.05) is 74.4 Å². The van der Waals surface area contributed by atoms with Gasteiger partial charge >= 0.3 is 0 Å². The van der Waals surface area contributed by atoms with Crippen molar-refractivity contribution in [2.45, 2.75) is 26.9 Å². The minimum absolute atomic E-state index is 0.0592. The van der Waals surface area contributed by atoms with E-state index in [9.17, 15) is 4.79 Å². The van der Waals surface area contributed by atoms with Gasteiger partial charge in [-0.2, -0.15) is 10.2 Å². The maximum atomic E-state index is 13.3. The van der Waals surface area contributed by atoms with Crippen molar-refractivity contribution in [3.63, 3.8) is 0 Å². The van der Waals surface area contributed by atoms with Crippen LogP contribution < -0.4 is 0 Å². The first-order valence-electron chi connectivity index (χ1n) is 9.64. The van der Waals surface area contributed by atoms with Crippen molar-refractivity contribution in [3.8, 4) is 11.3 Å². The molecule has 0 unspecified atom stereocenters. The summed E-state index contributed by atoms with van der Waals surface area (Å²) in [5, 5.41) is 9.74. The number of pyridine rings is 1. The molecule has 4 aromatic rings. The smallest absolute Gasteiger partial charge is 0.254 e. The third kappa shape index (κ3) is 3.63. The molecule has 148 valence electrons. The summed E-state index contributed by atoms with van der Waals surface area (Å²) in [4.78, 5) is 19.8. The fourth-order valence-corrected chi connectivity index (χ4v) is 3.49. The molecule has 7 heteroatoms. The Morgan fingerprint density at radius 2 is 1.97 bits per heavy atom. The summed E-state index contributed by atoms with van der Waals surface area (Å²) in [6.07, 6.45) is 3.86. The van der Waals surface area contributed by atoms with E-state index in [0.717, 1.165) is 40.1 Å². The summed E-state index contributed by atoms with van der Waals surface area (Å²) < 4.78 is 3.62. The fourth-order valence-electron chi connectivity index (χ4n) is 3.49. The Hall–Kier alpha value is -3.48. The molecule has 0 aliphatic rings. The Morgan fingerprint density at radius 3 is 2.66 bits per heavy atom. The van der Waals surface area contributed by atoms with E-state index in [1.165, 1.54) is 0 Å². The van der Waals surface area contributed by atoms with Crippen molar-refractivity contribution >= 4 is 16.8 Å². The monoisotopic (exact) mass is 388 g/mol. The average molecular weight is 388 g/mol. The summed E-state index contributed by atoms with van der Waals surface area (Å²) in [5.74, 6) is -0.0592. The molecule has 0 atom stereocenters. The Balaban J connectivity index is 1.77. The first-order chi connectivity index (χ1) is 14.0. The molecule has 0 saturated heterocycles. The van der Waals surface area contributed by atoms with Crippen molar-refractivity contribution in [1.82, 2.24) is 29.4 Å². The standard InChI is InChI=1S/C22H24N6O/c1-5-28-14-19(15(2)24-28)21-12-18(17-8-6-7-9-20(17)23-21)22(29)26(3)13-16-10-11-27(4)25-16/h6-12,14H,5,13H2,1-4H3. The van der Waals surface area contributed by atoms with Crippen LogP contribution in [-0.4, -0.2) is 42.4 Å². The van der Waals surface area contributed by atoms with Crippen LogP contribution in [0.2, 0.25) is 0 Å². The van der Waals surface area contributed by atoms with Gasteiger partial charge in [-0.15, -0.1) is 0 Å². The second kappa shape index (κ2) is 7.50. The summed E-state index contributed by atoms with van der Waals surface area (Å²) in [5.41, 5.74) is 4.88. The number of benzene rings is 1. The highest BCUT2D eigenvalue weighted by Crippen LogP contribution is 2.27. The number of carbonyl (C=O) groups is 1. The van der Waals surface area contributed by atoms with Crippen LogP contribution in [0.1, 0.15) is 28.7 Å². The van der Waals surface area contributed by atoms with Crippen LogP contribution in [-0.2, 0) is 20.1 Å². The molecule has 0 aliphatic carbocycles. The molecule has 0 radical (unpaired) electrons. The fraction of sp³-hybridized carbons (Fsp3) is 0.273. The van der Waals surface area contributed by atoms with Crippen LogP contribution in [0.3, 0.4) is 0 Å². The van der Waals surface area contributed by atoms with Crippen LogP contribution in [0.25, 0.3) is 22.2 Å². The first kappa shape index (κ1) is 18.9. The van der Waals surface area contributed by atoms with Gasteiger partial charge in [0.15, 0.2) is 0 Å². The van der Waals surface area contributed by atoms with E-state index < -0.39 is 0 Å². The Morgan fingerprint density at radius 1 is 1.17 bits per heavy atom. The van der Waals surface area contributed by atoms with Crippen molar-refractivity contribution in [2.75, 3.05) is 7.05 Å². The third-order valence-electron chi connectivity index (χ3n) is 5.01. The molecule has 0 N–H and O–H groups in total. The van der Waals surface area contributed by atoms with E-state index in [0.29, 0.717) is 12.1 Å². The zero-order valence-electron chi connectivity index (χ0n) is 17.1. The number of nitrogens with zero attached hydrogens (tertiary/aromatic N) is 6. The highest BCUT2D eigenvalue weighted by molar-refractivity contribution is 6.07. The molecule has 29 heavy (non-hydrogen) atoms. The zero-order valence-corrected chi connectivity index (χ0v) is 17.1. The van der Waals surface area contributed by atoms with E-state index >= 15 is 0 Å². The van der Waals surface area contributed by atoms with Crippen molar-refractivity contribution in [3.05, 3.63) is 65.7 Å². The van der Waals surface area contributed by atoms with Gasteiger partial charge in [-0.05, 0) is 32.0 Å². The van der Waals surface area contributed by atoms with Gasteiger partial charge in [0.2, 0.25) is 0 Å². The van der Waals surface area contributed by atoms with E-state index in [1.54, 1.807) is 16.6 Å². The summed E-state index contributed by atoms with van der Waals surface area (Å²) in [6, 6.07) is 11.5. The molecule has 4 rings (SSSR count). The maximum absolute atomic E-state index is 13.3. The molecule has 0 spiro atoms. The molecule has 7 nitrogen and oxygen atoms in total. The molecular formula is C22H24N6O. The second-order valence-electron chi connectivity index (χ2n) is 7.20. The van der Waals surface area contributed by atoms with Gasteiger partial charge < -0.3 is 4.90 Å². The van der Waals surface area contributed by atoms with Gasteiger partial charge in [0.1, 0.15) is 0 Å². The number of aryl methyl sites for hydroxylation is 3. The molecule has 0 aliphatic heterocycles. The lowest BCUT2D eigenvalue weighted by Gasteiger charge is -2.18. The lowest BCUT2D eigenvalue weighted by atomic mass is 10.0. The quantitative estimate of drug-likeness (QED) is 0.525. The summed E-state index contributed by atoms with van der Waals surface area (Å²) in [6.45, 7) is 5.24. The molecule has 3 heterocycles. The summed E-state index contributed by atoms with van der Waals surface area (Å²) in [7, 11) is 3.67. The van der Waals surface area contributed by atoms with E-state index in [-0.39, 0.29) is 5.91 Å². The lowest BCUT2D eigenvalue weighted by molar-refractivity contribution is 0.0785. The Bertz CT molecular complexity index is 1190. The van der Waals surface area contributed by atoms with Crippen LogP contribution in [0.5, 0.6) is 0 Å². The SMILES string of the molecule is CCn1cc(-c2cc(C(=O)N(C)Cc3ccn(C)n3)c3ccccc3n2)c(C)n1. The van der Waals surface area contributed by atoms with Gasteiger partial charge in [0.05, 0.1) is 34.7 Å². The number of hydrogen-bond acceptors (Lipinski definition) is 4. The van der Waals surface area contributed by atoms with Crippen molar-refractivity contribution in [2.24, 2.45) is 7.05 Å². The van der Waals surface area contributed by atoms with E-state index in [2.05, 4.69) is 10.2 Å². The number of para-hydroxylation sites is 1. The molecule has 0 saturated carbocycles. The van der Waals surface area contributed by atoms with Crippen LogP contribution in [0, 0.1) is 6.92 Å². The highest BCUT2D eigenvalue weighted by atomic mass is 16.2.